The summed E-state index contributed by atoms with van der Waals surface area (Å²) in [6.45, 7) is 5.51. The maximum atomic E-state index is 14.4. The molecule has 0 bridgehead atoms. The number of benzene rings is 3. The van der Waals surface area contributed by atoms with Gasteiger partial charge in [0.2, 0.25) is 0 Å². The molecule has 2 N–H and O–H groups in total. The molecular formula is C33H26F3N3O3. The van der Waals surface area contributed by atoms with Gasteiger partial charge in [-0.1, -0.05) is 54.1 Å². The molecule has 3 aromatic carbocycles. The van der Waals surface area contributed by atoms with Gasteiger partial charge in [-0.15, -0.1) is 0 Å². The van der Waals surface area contributed by atoms with Gasteiger partial charge in [0.15, 0.2) is 0 Å². The summed E-state index contributed by atoms with van der Waals surface area (Å²) >= 11 is 0. The predicted molar refractivity (Wildman–Crippen MR) is 154 cm³/mol. The van der Waals surface area contributed by atoms with Crippen molar-refractivity contribution in [2.75, 3.05) is 6.61 Å². The molecule has 9 heteroatoms. The Labute approximate surface area is 239 Å². The number of nitriles is 1. The molecule has 6 nitrogen and oxygen atoms in total. The molecule has 42 heavy (non-hydrogen) atoms. The van der Waals surface area contributed by atoms with Crippen molar-refractivity contribution in [1.82, 2.24) is 9.97 Å². The number of carbonyl (C=O) groups excluding carboxylic acids is 1. The van der Waals surface area contributed by atoms with E-state index in [-0.39, 0.29) is 12.3 Å². The number of carbonyl (C=O) groups is 1. The first-order valence-corrected chi connectivity index (χ1v) is 13.2. The van der Waals surface area contributed by atoms with Crippen molar-refractivity contribution in [2.24, 2.45) is 0 Å². The van der Waals surface area contributed by atoms with E-state index in [0.29, 0.717) is 33.5 Å². The average molecular weight is 570 g/mol. The van der Waals surface area contributed by atoms with Crippen LogP contribution in [0.15, 0.2) is 77.6 Å². The number of ether oxygens (including phenoxy) is 1. The maximum Gasteiger partial charge on any atom is 0.417 e. The van der Waals surface area contributed by atoms with Crippen LogP contribution in [0, 0.1) is 25.2 Å². The third-order valence-corrected chi connectivity index (χ3v) is 7.16. The summed E-state index contributed by atoms with van der Waals surface area (Å²) in [5.74, 6) is -1.88. The Kier molecular flexibility index (Phi) is 7.48. The zero-order valence-electron chi connectivity index (χ0n) is 23.0. The van der Waals surface area contributed by atoms with E-state index in [2.05, 4.69) is 9.97 Å². The first-order valence-electron chi connectivity index (χ1n) is 13.2. The van der Waals surface area contributed by atoms with Crippen LogP contribution in [0.25, 0.3) is 33.3 Å². The van der Waals surface area contributed by atoms with Gasteiger partial charge in [-0.25, -0.2) is 4.79 Å². The Hall–Kier alpha value is -5.10. The third kappa shape index (κ3) is 5.44. The molecule has 212 valence electrons. The number of hydrogen-bond donors (Lipinski definition) is 2. The summed E-state index contributed by atoms with van der Waals surface area (Å²) in [5.41, 5.74) is 1.86. The zero-order valence-corrected chi connectivity index (χ0v) is 23.0. The monoisotopic (exact) mass is 569 g/mol. The highest BCUT2D eigenvalue weighted by Crippen LogP contribution is 2.38. The molecule has 5 rings (SSSR count). The molecule has 2 heterocycles. The number of aryl methyl sites for hydroxylation is 2. The molecule has 0 saturated carbocycles. The second-order valence-corrected chi connectivity index (χ2v) is 10.0. The van der Waals surface area contributed by atoms with Gasteiger partial charge in [-0.05, 0) is 72.9 Å². The molecule has 0 spiro atoms. The van der Waals surface area contributed by atoms with Crippen LogP contribution in [-0.4, -0.2) is 22.5 Å². The van der Waals surface area contributed by atoms with E-state index >= 15 is 0 Å². The number of hydrogen-bond acceptors (Lipinski definition) is 4. The first-order chi connectivity index (χ1) is 20.0. The van der Waals surface area contributed by atoms with Crippen molar-refractivity contribution in [3.63, 3.8) is 0 Å². The van der Waals surface area contributed by atoms with E-state index in [0.717, 1.165) is 22.6 Å². The minimum atomic E-state index is -4.88. The lowest BCUT2D eigenvalue weighted by Crippen LogP contribution is -2.24. The molecule has 5 aromatic rings. The van der Waals surface area contributed by atoms with Crippen LogP contribution in [0.4, 0.5) is 13.2 Å². The van der Waals surface area contributed by atoms with Crippen LogP contribution in [0.3, 0.4) is 0 Å². The number of halogens is 3. The Morgan fingerprint density at radius 3 is 2.38 bits per heavy atom. The molecule has 2 aromatic heterocycles. The lowest BCUT2D eigenvalue weighted by atomic mass is 9.86. The molecule has 0 fully saturated rings. The Morgan fingerprint density at radius 1 is 0.952 bits per heavy atom. The number of pyridine rings is 1. The fourth-order valence-corrected chi connectivity index (χ4v) is 5.18. The second-order valence-electron chi connectivity index (χ2n) is 10.0. The maximum absolute atomic E-state index is 14.4. The van der Waals surface area contributed by atoms with Crippen molar-refractivity contribution in [3.8, 4) is 28.5 Å². The number of rotatable bonds is 6. The van der Waals surface area contributed by atoms with Gasteiger partial charge in [0, 0.05) is 16.6 Å². The highest BCUT2D eigenvalue weighted by molar-refractivity contribution is 5.96. The Bertz CT molecular complexity index is 1930. The molecule has 0 aliphatic heterocycles. The van der Waals surface area contributed by atoms with Gasteiger partial charge in [0.25, 0.3) is 5.56 Å². The normalized spacial score (nSPS) is 12.2. The van der Waals surface area contributed by atoms with Gasteiger partial charge >= 0.3 is 12.1 Å². The number of nitrogens with zero attached hydrogens (tertiary/aromatic N) is 1. The van der Waals surface area contributed by atoms with Crippen LogP contribution >= 0.6 is 0 Å². The van der Waals surface area contributed by atoms with Gasteiger partial charge in [0.05, 0.1) is 23.8 Å². The first kappa shape index (κ1) is 28.4. The molecule has 0 saturated heterocycles. The predicted octanol–water partition coefficient (Wildman–Crippen LogP) is 7.66. The smallest absolute Gasteiger partial charge is 0.417 e. The van der Waals surface area contributed by atoms with Crippen LogP contribution in [0.1, 0.15) is 51.1 Å². The van der Waals surface area contributed by atoms with Crippen LogP contribution in [0.5, 0.6) is 0 Å². The highest BCUT2D eigenvalue weighted by atomic mass is 19.4. The molecule has 0 aliphatic carbocycles. The summed E-state index contributed by atoms with van der Waals surface area (Å²) in [4.78, 5) is 31.0. The number of nitrogens with one attached hydrogen (secondary N) is 2. The van der Waals surface area contributed by atoms with E-state index < -0.39 is 34.7 Å². The van der Waals surface area contributed by atoms with Crippen LogP contribution in [0.2, 0.25) is 0 Å². The molecule has 1 atom stereocenters. The summed E-state index contributed by atoms with van der Waals surface area (Å²) in [5, 5.41) is 10.7. The number of alkyl halides is 3. The van der Waals surface area contributed by atoms with Gasteiger partial charge in [-0.2, -0.15) is 18.4 Å². The lowest BCUT2D eigenvalue weighted by molar-refractivity contribution is -0.138. The highest BCUT2D eigenvalue weighted by Gasteiger charge is 2.38. The van der Waals surface area contributed by atoms with Crippen LogP contribution in [-0.2, 0) is 10.9 Å². The molecule has 0 aliphatic rings. The number of aromatic nitrogens is 2. The van der Waals surface area contributed by atoms with Gasteiger partial charge in [0.1, 0.15) is 11.6 Å². The quantitative estimate of drug-likeness (QED) is 0.205. The number of fused-ring (bicyclic) bond motifs is 1. The largest absolute Gasteiger partial charge is 0.461 e. The number of esters is 1. The summed E-state index contributed by atoms with van der Waals surface area (Å²) in [6.07, 6.45) is -4.88. The summed E-state index contributed by atoms with van der Waals surface area (Å²) in [7, 11) is 0. The van der Waals surface area contributed by atoms with E-state index in [4.69, 9.17) is 4.74 Å². The summed E-state index contributed by atoms with van der Waals surface area (Å²) < 4.78 is 48.3. The fourth-order valence-electron chi connectivity index (χ4n) is 5.18. The van der Waals surface area contributed by atoms with Crippen molar-refractivity contribution >= 4 is 16.9 Å². The van der Waals surface area contributed by atoms with Crippen molar-refractivity contribution < 1.29 is 22.7 Å². The molecule has 0 amide bonds. The molecule has 1 unspecified atom stereocenters. The van der Waals surface area contributed by atoms with E-state index in [1.54, 1.807) is 62.4 Å². The third-order valence-electron chi connectivity index (χ3n) is 7.16. The molecule has 0 radical (unpaired) electrons. The summed E-state index contributed by atoms with van der Waals surface area (Å²) in [6, 6.07) is 21.8. The topological polar surface area (TPSA) is 98.7 Å². The van der Waals surface area contributed by atoms with Crippen molar-refractivity contribution in [1.29, 1.82) is 5.26 Å². The van der Waals surface area contributed by atoms with Crippen molar-refractivity contribution in [3.05, 3.63) is 117 Å². The number of aromatic amines is 2. The van der Waals surface area contributed by atoms with Crippen molar-refractivity contribution in [2.45, 2.75) is 32.9 Å². The molecular weight excluding hydrogens is 543 g/mol. The Morgan fingerprint density at radius 2 is 1.69 bits per heavy atom. The average Bonchev–Trinajstić information content (AvgIpc) is 3.38. The Balaban J connectivity index is 1.58. The minimum Gasteiger partial charge on any atom is -0.461 e. The standard InChI is InChI=1S/C33H26F3N3O3/c1-4-42-32(41)29-15-23-10-9-21(14-27(23)38-29)20-6-5-7-22(13-20)28-16-26(33(34,35)36)30(31(40)39-28)25(17-37)24-11-8-18(2)12-19(24)3/h5-16,25,38H,4H2,1-3H3,(H,39,40). The fraction of sp³-hybridized carbons (Fsp3) is 0.182. The van der Waals surface area contributed by atoms with Crippen LogP contribution < -0.4 is 5.56 Å². The van der Waals surface area contributed by atoms with Gasteiger partial charge in [-0.3, -0.25) is 4.79 Å². The van der Waals surface area contributed by atoms with E-state index in [9.17, 15) is 28.0 Å². The lowest BCUT2D eigenvalue weighted by Gasteiger charge is -2.19. The zero-order chi connectivity index (χ0) is 30.2. The van der Waals surface area contributed by atoms with E-state index in [1.807, 2.05) is 31.2 Å². The minimum absolute atomic E-state index is 0.0270. The second kappa shape index (κ2) is 11.1. The SMILES string of the molecule is CCOC(=O)c1cc2ccc(-c3cccc(-c4cc(C(F)(F)F)c(C(C#N)c5ccc(C)cc5C)c(=O)[nH]4)c3)cc2[nH]1. The van der Waals surface area contributed by atoms with E-state index in [1.165, 1.54) is 0 Å². The van der Waals surface area contributed by atoms with Gasteiger partial charge < -0.3 is 14.7 Å². The number of H-pyrrole nitrogens is 2.